The summed E-state index contributed by atoms with van der Waals surface area (Å²) < 4.78 is 5.21. The molecule has 3 fully saturated rings. The first-order valence-corrected chi connectivity index (χ1v) is 6.28. The van der Waals surface area contributed by atoms with Crippen LogP contribution < -0.4 is 10.6 Å². The van der Waals surface area contributed by atoms with Crippen molar-refractivity contribution in [3.63, 3.8) is 0 Å². The van der Waals surface area contributed by atoms with E-state index in [0.717, 1.165) is 19.4 Å². The molecule has 0 aromatic carbocycles. The van der Waals surface area contributed by atoms with Crippen LogP contribution in [0.2, 0.25) is 0 Å². The molecule has 1 amide bonds. The van der Waals surface area contributed by atoms with Crippen LogP contribution in [0.5, 0.6) is 0 Å². The summed E-state index contributed by atoms with van der Waals surface area (Å²) in [5.74, 6) is 0.250. The average molecular weight is 242 g/mol. The van der Waals surface area contributed by atoms with Gasteiger partial charge in [0.1, 0.15) is 5.60 Å². The predicted octanol–water partition coefficient (Wildman–Crippen LogP) is 0.622. The van der Waals surface area contributed by atoms with Crippen LogP contribution in [-0.2, 0) is 4.74 Å². The number of aliphatic hydroxyl groups is 1. The molecule has 2 heterocycles. The lowest BCUT2D eigenvalue weighted by molar-refractivity contribution is -0.0176. The lowest BCUT2D eigenvalue weighted by atomic mass is 9.76. The Kier molecular flexibility index (Phi) is 3.32. The molecule has 2 bridgehead atoms. The second-order valence-electron chi connectivity index (χ2n) is 6.01. The Bertz CT molecular complexity index is 291. The van der Waals surface area contributed by atoms with E-state index in [1.165, 1.54) is 0 Å². The first-order chi connectivity index (χ1) is 7.87. The van der Waals surface area contributed by atoms with Crippen molar-refractivity contribution in [2.45, 2.75) is 57.4 Å². The van der Waals surface area contributed by atoms with Crippen LogP contribution >= 0.6 is 0 Å². The molecule has 0 aromatic heterocycles. The molecule has 3 aliphatic rings. The van der Waals surface area contributed by atoms with Crippen molar-refractivity contribution in [1.82, 2.24) is 10.6 Å². The van der Waals surface area contributed by atoms with Crippen molar-refractivity contribution >= 4 is 6.09 Å². The first kappa shape index (κ1) is 12.6. The smallest absolute Gasteiger partial charge is 0.408 e. The lowest BCUT2D eigenvalue weighted by Gasteiger charge is -2.46. The third kappa shape index (κ3) is 2.90. The number of hydrogen-bond donors (Lipinski definition) is 3. The summed E-state index contributed by atoms with van der Waals surface area (Å²) in [6.45, 7) is 6.33. The van der Waals surface area contributed by atoms with E-state index in [9.17, 15) is 9.90 Å². The minimum Gasteiger partial charge on any atom is -0.444 e. The van der Waals surface area contributed by atoms with Gasteiger partial charge in [0.25, 0.3) is 0 Å². The highest BCUT2D eigenvalue weighted by molar-refractivity contribution is 5.68. The summed E-state index contributed by atoms with van der Waals surface area (Å²) in [4.78, 5) is 11.7. The molecule has 5 heteroatoms. The van der Waals surface area contributed by atoms with Crippen LogP contribution in [0, 0.1) is 5.92 Å². The van der Waals surface area contributed by atoms with E-state index in [4.69, 9.17) is 4.74 Å². The summed E-state index contributed by atoms with van der Waals surface area (Å²) in [6, 6.07) is -0.0557. The average Bonchev–Trinajstić information content (AvgIpc) is 2.21. The fraction of sp³-hybridized carbons (Fsp3) is 0.917. The Hall–Kier alpha value is -0.810. The van der Waals surface area contributed by atoms with Gasteiger partial charge in [-0.15, -0.1) is 0 Å². The van der Waals surface area contributed by atoms with Gasteiger partial charge in [0.2, 0.25) is 0 Å². The van der Waals surface area contributed by atoms with Crippen LogP contribution in [-0.4, -0.2) is 41.5 Å². The minimum absolute atomic E-state index is 0.169. The van der Waals surface area contributed by atoms with Gasteiger partial charge in [-0.1, -0.05) is 0 Å². The molecule has 4 atom stereocenters. The summed E-state index contributed by atoms with van der Waals surface area (Å²) in [5, 5.41) is 16.2. The number of carbonyl (C=O) groups is 1. The molecule has 17 heavy (non-hydrogen) atoms. The Balaban J connectivity index is 1.92. The third-order valence-electron chi connectivity index (χ3n) is 3.46. The van der Waals surface area contributed by atoms with Gasteiger partial charge in [0.15, 0.2) is 0 Å². The number of rotatable bonds is 1. The molecule has 3 N–H and O–H groups in total. The summed E-state index contributed by atoms with van der Waals surface area (Å²) in [7, 11) is 0. The molecule has 3 rings (SSSR count). The number of fused-ring (bicyclic) bond motifs is 3. The number of amides is 1. The van der Waals surface area contributed by atoms with Crippen LogP contribution in [0.1, 0.15) is 33.6 Å². The van der Waals surface area contributed by atoms with Crippen LogP contribution in [0.15, 0.2) is 0 Å². The van der Waals surface area contributed by atoms with Crippen LogP contribution in [0.3, 0.4) is 0 Å². The summed E-state index contributed by atoms with van der Waals surface area (Å²) in [5.41, 5.74) is -0.504. The maximum Gasteiger partial charge on any atom is 0.408 e. The standard InChI is InChI=1S/C12H22N2O3/c1-12(2,3)17-11(16)14-9-8-5-4-7(6-13-8)10(9)15/h7-10,13,15H,4-6H2,1-3H3,(H,14,16)/t7-,8+,9-,10+/m0/s1. The molecule has 1 aliphatic carbocycles. The highest BCUT2D eigenvalue weighted by Gasteiger charge is 2.43. The summed E-state index contributed by atoms with van der Waals surface area (Å²) >= 11 is 0. The van der Waals surface area contributed by atoms with Gasteiger partial charge >= 0.3 is 6.09 Å². The maximum atomic E-state index is 11.7. The zero-order valence-corrected chi connectivity index (χ0v) is 10.7. The molecule has 0 radical (unpaired) electrons. The SMILES string of the molecule is CC(C)(C)OC(=O)N[C@@H]1[C@H](O)[C@H]2CC[C@H]1NC2. The van der Waals surface area contributed by atoms with E-state index in [-0.39, 0.29) is 18.0 Å². The van der Waals surface area contributed by atoms with Gasteiger partial charge in [-0.3, -0.25) is 0 Å². The van der Waals surface area contributed by atoms with Gasteiger partial charge in [0.05, 0.1) is 12.1 Å². The Morgan fingerprint density at radius 3 is 2.59 bits per heavy atom. The number of carbonyl (C=O) groups excluding carboxylic acids is 1. The van der Waals surface area contributed by atoms with E-state index in [1.54, 1.807) is 0 Å². The third-order valence-corrected chi connectivity index (χ3v) is 3.46. The molecule has 0 aromatic rings. The topological polar surface area (TPSA) is 70.6 Å². The molecule has 0 unspecified atom stereocenters. The van der Waals surface area contributed by atoms with E-state index >= 15 is 0 Å². The highest BCUT2D eigenvalue weighted by atomic mass is 16.6. The molecular weight excluding hydrogens is 220 g/mol. The number of piperidine rings is 2. The highest BCUT2D eigenvalue weighted by Crippen LogP contribution is 2.29. The number of alkyl carbamates (subject to hydrolysis) is 1. The summed E-state index contributed by atoms with van der Waals surface area (Å²) in [6.07, 6.45) is 1.13. The molecule has 98 valence electrons. The van der Waals surface area contributed by atoms with Crippen LogP contribution in [0.25, 0.3) is 0 Å². The van der Waals surface area contributed by atoms with Gasteiger partial charge in [0, 0.05) is 12.6 Å². The van der Waals surface area contributed by atoms with E-state index in [1.807, 2.05) is 20.8 Å². The number of nitrogens with one attached hydrogen (secondary N) is 2. The number of aliphatic hydroxyl groups excluding tert-OH is 1. The van der Waals surface area contributed by atoms with Crippen molar-refractivity contribution in [2.24, 2.45) is 5.92 Å². The lowest BCUT2D eigenvalue weighted by Crippen LogP contribution is -2.67. The Labute approximate surface area is 102 Å². The van der Waals surface area contributed by atoms with Crippen molar-refractivity contribution in [3.8, 4) is 0 Å². The van der Waals surface area contributed by atoms with Gasteiger partial charge in [-0.25, -0.2) is 4.79 Å². The normalized spacial score (nSPS) is 36.7. The molecule has 2 aliphatic heterocycles. The molecule has 1 saturated carbocycles. The largest absolute Gasteiger partial charge is 0.444 e. The van der Waals surface area contributed by atoms with Crippen molar-refractivity contribution in [3.05, 3.63) is 0 Å². The second-order valence-corrected chi connectivity index (χ2v) is 6.01. The second kappa shape index (κ2) is 4.46. The van der Waals surface area contributed by atoms with Gasteiger partial charge in [-0.05, 0) is 39.5 Å². The van der Waals surface area contributed by atoms with Crippen molar-refractivity contribution in [1.29, 1.82) is 0 Å². The zero-order valence-electron chi connectivity index (χ0n) is 10.7. The first-order valence-electron chi connectivity index (χ1n) is 6.28. The van der Waals surface area contributed by atoms with Crippen LogP contribution in [0.4, 0.5) is 4.79 Å². The monoisotopic (exact) mass is 242 g/mol. The molecule has 5 nitrogen and oxygen atoms in total. The van der Waals surface area contributed by atoms with E-state index in [0.29, 0.717) is 0 Å². The Morgan fingerprint density at radius 2 is 2.12 bits per heavy atom. The van der Waals surface area contributed by atoms with Crippen molar-refractivity contribution < 1.29 is 14.6 Å². The fourth-order valence-corrected chi connectivity index (χ4v) is 2.66. The number of hydrogen-bond acceptors (Lipinski definition) is 4. The maximum absolute atomic E-state index is 11.7. The van der Waals surface area contributed by atoms with E-state index < -0.39 is 17.8 Å². The quantitative estimate of drug-likeness (QED) is 0.630. The molecular formula is C12H22N2O3. The predicted molar refractivity (Wildman–Crippen MR) is 63.7 cm³/mol. The molecule has 2 saturated heterocycles. The zero-order chi connectivity index (χ0) is 12.6. The fourth-order valence-electron chi connectivity index (χ4n) is 2.66. The number of ether oxygens (including phenoxy) is 1. The van der Waals surface area contributed by atoms with E-state index in [2.05, 4.69) is 10.6 Å². The molecule has 0 spiro atoms. The van der Waals surface area contributed by atoms with Gasteiger partial charge in [-0.2, -0.15) is 0 Å². The van der Waals surface area contributed by atoms with Crippen molar-refractivity contribution in [2.75, 3.05) is 6.54 Å². The minimum atomic E-state index is -0.504. The Morgan fingerprint density at radius 1 is 1.41 bits per heavy atom. The van der Waals surface area contributed by atoms with Gasteiger partial charge < -0.3 is 20.5 Å².